The number of nitrogens with zero attached hydrogens (tertiary/aromatic N) is 3. The third-order valence-electron chi connectivity index (χ3n) is 12.8. The molecule has 1 aromatic carbocycles. The van der Waals surface area contributed by atoms with Crippen molar-refractivity contribution in [1.82, 2.24) is 25.3 Å². The van der Waals surface area contributed by atoms with Crippen LogP contribution < -0.4 is 10.6 Å². The minimum Gasteiger partial charge on any atom is -0.465 e. The molecule has 4 aliphatic heterocycles. The number of piperazine rings is 1. The summed E-state index contributed by atoms with van der Waals surface area (Å²) in [7, 11) is 0. The highest BCUT2D eigenvalue weighted by molar-refractivity contribution is 5.98. The van der Waals surface area contributed by atoms with E-state index in [0.29, 0.717) is 31.2 Å². The summed E-state index contributed by atoms with van der Waals surface area (Å²) in [6, 6.07) is 7.53. The Kier molecular flexibility index (Phi) is 12.2. The number of likely N-dealkylation sites (tertiary alicyclic amines) is 1. The van der Waals surface area contributed by atoms with Crippen molar-refractivity contribution in [3.63, 3.8) is 0 Å². The van der Waals surface area contributed by atoms with Gasteiger partial charge in [-0.25, -0.2) is 0 Å². The lowest BCUT2D eigenvalue weighted by Crippen LogP contribution is -2.62. The van der Waals surface area contributed by atoms with Crippen molar-refractivity contribution >= 4 is 23.7 Å². The summed E-state index contributed by atoms with van der Waals surface area (Å²) in [6.07, 6.45) is 14.5. The molecule has 4 saturated heterocycles. The van der Waals surface area contributed by atoms with E-state index in [1.54, 1.807) is 0 Å². The fourth-order valence-electron chi connectivity index (χ4n) is 9.77. The monoisotopic (exact) mass is 719 g/mol. The predicted molar refractivity (Wildman–Crippen MR) is 198 cm³/mol. The first-order valence-corrected chi connectivity index (χ1v) is 20.6. The molecule has 3 amide bonds. The number of ether oxygens (including phenoxy) is 2. The first-order valence-electron chi connectivity index (χ1n) is 20.6. The van der Waals surface area contributed by atoms with E-state index in [4.69, 9.17) is 9.47 Å². The Morgan fingerprint density at radius 1 is 0.885 bits per heavy atom. The Labute approximate surface area is 309 Å². The summed E-state index contributed by atoms with van der Waals surface area (Å²) in [5.41, 5.74) is 1.52. The van der Waals surface area contributed by atoms with Gasteiger partial charge in [0.25, 0.3) is 5.91 Å². The third-order valence-corrected chi connectivity index (χ3v) is 12.8. The molecule has 4 heterocycles. The molecule has 5 atom stereocenters. The average molecular weight is 720 g/mol. The number of piperidine rings is 1. The number of rotatable bonds is 12. The second-order valence-electron chi connectivity index (χ2n) is 16.5. The van der Waals surface area contributed by atoms with Gasteiger partial charge in [-0.05, 0) is 101 Å². The topological polar surface area (TPSA) is 121 Å². The van der Waals surface area contributed by atoms with Gasteiger partial charge in [-0.2, -0.15) is 0 Å². The zero-order chi connectivity index (χ0) is 36.1. The lowest BCUT2D eigenvalue weighted by Gasteiger charge is -2.51. The molecule has 0 spiro atoms. The number of hydrogen-bond donors (Lipinski definition) is 2. The van der Waals surface area contributed by atoms with Crippen LogP contribution in [-0.4, -0.2) is 121 Å². The SMILES string of the molecule is CCOC(=O)CNC1CC[C@]2(CN3CCN(C(=O)[C@H](NC(=O)c4cccc(C5CCCN(C(=O)C6CC6)C5)c4)C4CCCCC4)CC3)CCCC1O2. The predicted octanol–water partition coefficient (Wildman–Crippen LogP) is 4.25. The van der Waals surface area contributed by atoms with Crippen LogP contribution in [0.4, 0.5) is 0 Å². The van der Waals surface area contributed by atoms with Gasteiger partial charge in [-0.15, -0.1) is 0 Å². The van der Waals surface area contributed by atoms with Crippen molar-refractivity contribution in [2.24, 2.45) is 11.8 Å². The van der Waals surface area contributed by atoms with Crippen LogP contribution in [-0.2, 0) is 23.9 Å². The highest BCUT2D eigenvalue weighted by Crippen LogP contribution is 2.40. The van der Waals surface area contributed by atoms with Crippen molar-refractivity contribution in [1.29, 1.82) is 0 Å². The molecule has 11 heteroatoms. The van der Waals surface area contributed by atoms with Crippen LogP contribution in [0.2, 0.25) is 0 Å². The number of fused-ring (bicyclic) bond motifs is 2. The normalized spacial score (nSPS) is 29.3. The minimum atomic E-state index is -0.525. The van der Waals surface area contributed by atoms with Gasteiger partial charge in [0.15, 0.2) is 0 Å². The van der Waals surface area contributed by atoms with Crippen molar-refractivity contribution in [2.45, 2.75) is 127 Å². The first-order chi connectivity index (χ1) is 25.3. The van der Waals surface area contributed by atoms with Gasteiger partial charge in [0.2, 0.25) is 11.8 Å². The highest BCUT2D eigenvalue weighted by Gasteiger charge is 2.46. The van der Waals surface area contributed by atoms with E-state index >= 15 is 0 Å². The quantitative estimate of drug-likeness (QED) is 0.308. The van der Waals surface area contributed by atoms with Crippen LogP contribution >= 0.6 is 0 Å². The maximum atomic E-state index is 14.3. The molecular weight excluding hydrogens is 658 g/mol. The van der Waals surface area contributed by atoms with Gasteiger partial charge in [-0.1, -0.05) is 31.4 Å². The molecule has 2 N–H and O–H groups in total. The summed E-state index contributed by atoms with van der Waals surface area (Å²) < 4.78 is 11.9. The fraction of sp³-hybridized carbons (Fsp3) is 0.756. The van der Waals surface area contributed by atoms with Gasteiger partial charge in [0.05, 0.1) is 24.9 Å². The largest absolute Gasteiger partial charge is 0.465 e. The molecule has 6 aliphatic rings. The van der Waals surface area contributed by atoms with Crippen LogP contribution in [0.3, 0.4) is 0 Å². The first kappa shape index (κ1) is 37.3. The second-order valence-corrected chi connectivity index (χ2v) is 16.5. The van der Waals surface area contributed by atoms with E-state index in [1.807, 2.05) is 34.9 Å². The molecule has 0 radical (unpaired) electrons. The molecule has 3 unspecified atom stereocenters. The molecule has 286 valence electrons. The van der Waals surface area contributed by atoms with Gasteiger partial charge < -0.3 is 29.9 Å². The number of carbonyl (C=O) groups excluding carboxylic acids is 4. The number of benzene rings is 1. The second kappa shape index (κ2) is 17.0. The summed E-state index contributed by atoms with van der Waals surface area (Å²) >= 11 is 0. The number of carbonyl (C=O) groups is 4. The summed E-state index contributed by atoms with van der Waals surface area (Å²) in [5.74, 6) is 0.550. The number of hydrogen-bond acceptors (Lipinski definition) is 8. The maximum absolute atomic E-state index is 14.3. The van der Waals surface area contributed by atoms with E-state index in [2.05, 4.69) is 21.6 Å². The summed E-state index contributed by atoms with van der Waals surface area (Å²) in [4.78, 5) is 59.4. The molecule has 1 aromatic rings. The highest BCUT2D eigenvalue weighted by atomic mass is 16.5. The minimum absolute atomic E-state index is 0.0536. The van der Waals surface area contributed by atoms with E-state index in [-0.39, 0.29) is 59.8 Å². The lowest BCUT2D eigenvalue weighted by molar-refractivity contribution is -0.182. The Morgan fingerprint density at radius 3 is 2.46 bits per heavy atom. The Morgan fingerprint density at radius 2 is 1.69 bits per heavy atom. The Balaban J connectivity index is 0.942. The zero-order valence-electron chi connectivity index (χ0n) is 31.3. The number of nitrogens with one attached hydrogen (secondary N) is 2. The summed E-state index contributed by atoms with van der Waals surface area (Å²) in [6.45, 7) is 7.73. The van der Waals surface area contributed by atoms with Gasteiger partial charge in [0.1, 0.15) is 6.04 Å². The number of amides is 3. The van der Waals surface area contributed by atoms with Gasteiger partial charge in [0, 0.05) is 69.3 Å². The summed E-state index contributed by atoms with van der Waals surface area (Å²) in [5, 5.41) is 6.64. The molecule has 52 heavy (non-hydrogen) atoms. The van der Waals surface area contributed by atoms with E-state index in [0.717, 1.165) is 122 Å². The number of esters is 1. The van der Waals surface area contributed by atoms with E-state index < -0.39 is 6.04 Å². The Bertz CT molecular complexity index is 1420. The molecule has 6 fully saturated rings. The van der Waals surface area contributed by atoms with Crippen LogP contribution in [0.25, 0.3) is 0 Å². The molecule has 2 aliphatic carbocycles. The van der Waals surface area contributed by atoms with Crippen molar-refractivity contribution in [3.05, 3.63) is 35.4 Å². The standard InChI is InChI=1S/C41H61N5O6/c1-2-51-36(47)26-42-34-17-19-41(18-7-14-35(34)52-41)28-44-21-23-45(24-22-44)40(50)37(29-9-4-3-5-10-29)43-38(48)32-12-6-11-31(25-32)33-13-8-20-46(27-33)39(49)30-15-16-30/h6,11-12,25,29-30,33-35,37,42H,2-5,7-10,13-24,26-28H2,1H3,(H,43,48)/t33?,34?,35?,37-,41+/m1/s1. The molecule has 7 rings (SSSR count). The van der Waals surface area contributed by atoms with Gasteiger partial charge in [-0.3, -0.25) is 24.1 Å². The molecule has 11 nitrogen and oxygen atoms in total. The fourth-order valence-corrected chi connectivity index (χ4v) is 9.77. The van der Waals surface area contributed by atoms with Crippen molar-refractivity contribution in [3.8, 4) is 0 Å². The van der Waals surface area contributed by atoms with Crippen LogP contribution in [0.15, 0.2) is 24.3 Å². The van der Waals surface area contributed by atoms with Crippen LogP contribution in [0.1, 0.15) is 119 Å². The molecular formula is C41H61N5O6. The molecule has 2 bridgehead atoms. The van der Waals surface area contributed by atoms with E-state index in [1.165, 1.54) is 6.42 Å². The van der Waals surface area contributed by atoms with E-state index in [9.17, 15) is 19.2 Å². The Hall–Kier alpha value is -3.02. The molecule has 0 aromatic heterocycles. The van der Waals surface area contributed by atoms with Crippen LogP contribution in [0, 0.1) is 11.8 Å². The van der Waals surface area contributed by atoms with Crippen molar-refractivity contribution < 1.29 is 28.7 Å². The average Bonchev–Trinajstić information content (AvgIpc) is 4.03. The smallest absolute Gasteiger partial charge is 0.319 e. The molecule has 2 saturated carbocycles. The van der Waals surface area contributed by atoms with Crippen molar-refractivity contribution in [2.75, 3.05) is 59.0 Å². The zero-order valence-corrected chi connectivity index (χ0v) is 31.3. The maximum Gasteiger partial charge on any atom is 0.319 e. The van der Waals surface area contributed by atoms with Gasteiger partial charge >= 0.3 is 5.97 Å². The van der Waals surface area contributed by atoms with Crippen LogP contribution in [0.5, 0.6) is 0 Å². The third kappa shape index (κ3) is 9.01. The lowest BCUT2D eigenvalue weighted by atomic mass is 9.79.